The average molecular weight is 200 g/mol. The molecule has 1 rings (SSSR count). The van der Waals surface area contributed by atoms with Gasteiger partial charge in [0, 0.05) is 5.75 Å². The van der Waals surface area contributed by atoms with Gasteiger partial charge in [-0.25, -0.2) is 0 Å². The van der Waals surface area contributed by atoms with Gasteiger partial charge in [-0.15, -0.1) is 0 Å². The number of hydrogen-bond donors (Lipinski definition) is 1. The molecular formula is C10H16O2S. The third-order valence-corrected chi connectivity index (χ3v) is 3.07. The molecular weight excluding hydrogens is 184 g/mol. The number of aryl methyl sites for hydroxylation is 1. The van der Waals surface area contributed by atoms with Gasteiger partial charge < -0.3 is 9.52 Å². The van der Waals surface area contributed by atoms with Crippen LogP contribution in [0.15, 0.2) is 16.7 Å². The van der Waals surface area contributed by atoms with Crippen molar-refractivity contribution in [3.05, 3.63) is 23.7 Å². The van der Waals surface area contributed by atoms with Gasteiger partial charge in [0.25, 0.3) is 0 Å². The summed E-state index contributed by atoms with van der Waals surface area (Å²) in [5.41, 5.74) is 1.19. The van der Waals surface area contributed by atoms with Crippen molar-refractivity contribution in [2.45, 2.75) is 32.1 Å². The predicted octanol–water partition coefficient (Wildman–Crippen LogP) is 2.59. The fourth-order valence-corrected chi connectivity index (χ4v) is 2.06. The molecule has 0 unspecified atom stereocenters. The minimum absolute atomic E-state index is 0.180. The maximum atomic E-state index is 9.30. The highest BCUT2D eigenvalue weighted by atomic mass is 32.2. The van der Waals surface area contributed by atoms with Crippen LogP contribution in [0, 0.1) is 6.92 Å². The number of furan rings is 1. The van der Waals surface area contributed by atoms with Crippen LogP contribution >= 0.6 is 11.8 Å². The van der Waals surface area contributed by atoms with E-state index in [1.54, 1.807) is 18.0 Å². The van der Waals surface area contributed by atoms with E-state index in [-0.39, 0.29) is 6.10 Å². The van der Waals surface area contributed by atoms with Gasteiger partial charge in [0.1, 0.15) is 5.76 Å². The van der Waals surface area contributed by atoms with Gasteiger partial charge in [-0.2, -0.15) is 11.8 Å². The number of aliphatic hydroxyl groups excluding tert-OH is 1. The van der Waals surface area contributed by atoms with E-state index in [4.69, 9.17) is 4.42 Å². The van der Waals surface area contributed by atoms with Gasteiger partial charge in [0.2, 0.25) is 0 Å². The Labute approximate surface area is 83.3 Å². The fourth-order valence-electron chi connectivity index (χ4n) is 0.957. The lowest BCUT2D eigenvalue weighted by Gasteiger charge is -2.05. The maximum Gasteiger partial charge on any atom is 0.116 e. The van der Waals surface area contributed by atoms with Crippen LogP contribution in [0.3, 0.4) is 0 Å². The second-order valence-electron chi connectivity index (χ2n) is 3.10. The molecule has 0 fully saturated rings. The van der Waals surface area contributed by atoms with Crippen LogP contribution < -0.4 is 0 Å². The normalized spacial score (nSPS) is 13.2. The van der Waals surface area contributed by atoms with E-state index >= 15 is 0 Å². The van der Waals surface area contributed by atoms with Crippen LogP contribution in [0.4, 0.5) is 0 Å². The molecule has 0 aliphatic heterocycles. The van der Waals surface area contributed by atoms with Crippen molar-refractivity contribution in [1.29, 1.82) is 0 Å². The van der Waals surface area contributed by atoms with Crippen LogP contribution in [-0.2, 0) is 5.75 Å². The minimum Gasteiger partial charge on any atom is -0.468 e. The molecule has 0 saturated heterocycles. The first kappa shape index (κ1) is 10.7. The molecule has 1 aromatic heterocycles. The second kappa shape index (κ2) is 5.35. The van der Waals surface area contributed by atoms with Gasteiger partial charge >= 0.3 is 0 Å². The average Bonchev–Trinajstić information content (AvgIpc) is 2.52. The van der Waals surface area contributed by atoms with Gasteiger partial charge in [-0.05, 0) is 25.0 Å². The zero-order chi connectivity index (χ0) is 9.68. The Morgan fingerprint density at radius 2 is 2.38 bits per heavy atom. The molecule has 13 heavy (non-hydrogen) atoms. The van der Waals surface area contributed by atoms with Gasteiger partial charge in [0.05, 0.1) is 18.1 Å². The van der Waals surface area contributed by atoms with E-state index in [0.29, 0.717) is 0 Å². The lowest BCUT2D eigenvalue weighted by Crippen LogP contribution is -2.07. The Balaban J connectivity index is 2.24. The number of rotatable bonds is 5. The Morgan fingerprint density at radius 3 is 2.92 bits per heavy atom. The molecule has 0 radical (unpaired) electrons. The lowest BCUT2D eigenvalue weighted by molar-refractivity contribution is 0.195. The van der Waals surface area contributed by atoms with E-state index in [1.165, 1.54) is 5.56 Å². The molecule has 1 aromatic rings. The smallest absolute Gasteiger partial charge is 0.116 e. The molecule has 0 aliphatic rings. The highest BCUT2D eigenvalue weighted by Crippen LogP contribution is 2.17. The molecule has 1 heterocycles. The number of hydrogen-bond acceptors (Lipinski definition) is 3. The Bertz CT molecular complexity index is 245. The molecule has 0 aliphatic carbocycles. The van der Waals surface area contributed by atoms with E-state index in [0.717, 1.165) is 23.7 Å². The standard InChI is InChI=1S/C10H16O2S/c1-3-9(11)6-13-7-10-8(2)4-5-12-10/h4-5,9,11H,3,6-7H2,1-2H3/t9-/m1/s1. The van der Waals surface area contributed by atoms with Crippen molar-refractivity contribution in [2.24, 2.45) is 0 Å². The van der Waals surface area contributed by atoms with Crippen molar-refractivity contribution in [2.75, 3.05) is 5.75 Å². The monoisotopic (exact) mass is 200 g/mol. The van der Waals surface area contributed by atoms with Crippen LogP contribution in [0.25, 0.3) is 0 Å². The van der Waals surface area contributed by atoms with Crippen molar-refractivity contribution < 1.29 is 9.52 Å². The van der Waals surface area contributed by atoms with Crippen LogP contribution in [0.1, 0.15) is 24.7 Å². The predicted molar refractivity (Wildman–Crippen MR) is 55.9 cm³/mol. The molecule has 2 nitrogen and oxygen atoms in total. The Morgan fingerprint density at radius 1 is 1.62 bits per heavy atom. The van der Waals surface area contributed by atoms with Gasteiger partial charge in [0.15, 0.2) is 0 Å². The largest absolute Gasteiger partial charge is 0.468 e. The third kappa shape index (κ3) is 3.44. The first-order valence-corrected chi connectivity index (χ1v) is 5.68. The molecule has 0 saturated carbocycles. The number of aliphatic hydroxyl groups is 1. The topological polar surface area (TPSA) is 33.4 Å². The summed E-state index contributed by atoms with van der Waals surface area (Å²) < 4.78 is 5.28. The molecule has 0 aromatic carbocycles. The molecule has 0 bridgehead atoms. The summed E-state index contributed by atoms with van der Waals surface area (Å²) in [6.07, 6.45) is 2.35. The quantitative estimate of drug-likeness (QED) is 0.793. The molecule has 0 spiro atoms. The van der Waals surface area contributed by atoms with E-state index in [1.807, 2.05) is 19.9 Å². The summed E-state index contributed by atoms with van der Waals surface area (Å²) in [6, 6.07) is 1.96. The van der Waals surface area contributed by atoms with Crippen molar-refractivity contribution in [3.8, 4) is 0 Å². The summed E-state index contributed by atoms with van der Waals surface area (Å²) in [6.45, 7) is 4.03. The van der Waals surface area contributed by atoms with Crippen molar-refractivity contribution in [1.82, 2.24) is 0 Å². The molecule has 3 heteroatoms. The van der Waals surface area contributed by atoms with Crippen molar-refractivity contribution >= 4 is 11.8 Å². The second-order valence-corrected chi connectivity index (χ2v) is 4.13. The summed E-state index contributed by atoms with van der Waals surface area (Å²) in [5, 5.41) is 9.30. The summed E-state index contributed by atoms with van der Waals surface area (Å²) in [5.74, 6) is 2.67. The summed E-state index contributed by atoms with van der Waals surface area (Å²) in [4.78, 5) is 0. The van der Waals surface area contributed by atoms with Crippen LogP contribution in [0.2, 0.25) is 0 Å². The SMILES string of the molecule is CC[C@@H](O)CSCc1occc1C. The van der Waals surface area contributed by atoms with Crippen LogP contribution in [0.5, 0.6) is 0 Å². The Hall–Kier alpha value is -0.410. The van der Waals surface area contributed by atoms with E-state index in [9.17, 15) is 5.11 Å². The van der Waals surface area contributed by atoms with Crippen molar-refractivity contribution in [3.63, 3.8) is 0 Å². The minimum atomic E-state index is -0.180. The molecule has 74 valence electrons. The Kier molecular flexibility index (Phi) is 4.39. The lowest BCUT2D eigenvalue weighted by atomic mass is 10.3. The molecule has 0 amide bonds. The van der Waals surface area contributed by atoms with Crippen LogP contribution in [-0.4, -0.2) is 17.0 Å². The first-order chi connectivity index (χ1) is 6.24. The van der Waals surface area contributed by atoms with Gasteiger partial charge in [-0.1, -0.05) is 6.92 Å². The molecule has 1 N–H and O–H groups in total. The van der Waals surface area contributed by atoms with Gasteiger partial charge in [-0.3, -0.25) is 0 Å². The van der Waals surface area contributed by atoms with E-state index < -0.39 is 0 Å². The third-order valence-electron chi connectivity index (χ3n) is 1.98. The molecule has 1 atom stereocenters. The summed E-state index contributed by atoms with van der Waals surface area (Å²) in [7, 11) is 0. The fraction of sp³-hybridized carbons (Fsp3) is 0.600. The highest BCUT2D eigenvalue weighted by molar-refractivity contribution is 7.98. The summed E-state index contributed by atoms with van der Waals surface area (Å²) >= 11 is 1.71. The van der Waals surface area contributed by atoms with E-state index in [2.05, 4.69) is 0 Å². The highest BCUT2D eigenvalue weighted by Gasteiger charge is 2.04. The first-order valence-electron chi connectivity index (χ1n) is 4.52. The zero-order valence-electron chi connectivity index (χ0n) is 8.12. The maximum absolute atomic E-state index is 9.30. The number of thioether (sulfide) groups is 1. The zero-order valence-corrected chi connectivity index (χ0v) is 8.93.